The van der Waals surface area contributed by atoms with Gasteiger partial charge in [0.1, 0.15) is 5.69 Å². The molecule has 1 aromatic heterocycles. The topological polar surface area (TPSA) is 63.4 Å². The Morgan fingerprint density at radius 2 is 2.00 bits per heavy atom. The van der Waals surface area contributed by atoms with E-state index in [0.717, 1.165) is 22.2 Å². The number of halogens is 1. The van der Waals surface area contributed by atoms with Gasteiger partial charge in [0.25, 0.3) is 5.91 Å². The lowest BCUT2D eigenvalue weighted by Crippen LogP contribution is -2.23. The molecule has 5 nitrogen and oxygen atoms in total. The van der Waals surface area contributed by atoms with Gasteiger partial charge < -0.3 is 19.8 Å². The summed E-state index contributed by atoms with van der Waals surface area (Å²) in [7, 11) is 0. The maximum absolute atomic E-state index is 12.4. The van der Waals surface area contributed by atoms with E-state index in [-0.39, 0.29) is 12.7 Å². The SMILES string of the molecule is O=C(NCc1ccc2c(c1)OCO2)c1[nH]c2ccccc2c1Cl. The van der Waals surface area contributed by atoms with Gasteiger partial charge in [0.05, 0.1) is 5.02 Å². The quantitative estimate of drug-likeness (QED) is 0.773. The number of ether oxygens (including phenoxy) is 2. The lowest BCUT2D eigenvalue weighted by Gasteiger charge is -2.05. The zero-order valence-electron chi connectivity index (χ0n) is 12.1. The Balaban J connectivity index is 1.52. The largest absolute Gasteiger partial charge is 0.454 e. The number of rotatable bonds is 3. The minimum Gasteiger partial charge on any atom is -0.454 e. The summed E-state index contributed by atoms with van der Waals surface area (Å²) in [6, 6.07) is 13.1. The van der Waals surface area contributed by atoms with Gasteiger partial charge in [-0.25, -0.2) is 0 Å². The maximum Gasteiger partial charge on any atom is 0.269 e. The van der Waals surface area contributed by atoms with E-state index >= 15 is 0 Å². The molecule has 1 aliphatic heterocycles. The average molecular weight is 329 g/mol. The van der Waals surface area contributed by atoms with Crippen LogP contribution in [0.2, 0.25) is 5.02 Å². The third-order valence-electron chi connectivity index (χ3n) is 3.76. The summed E-state index contributed by atoms with van der Waals surface area (Å²) in [5.41, 5.74) is 2.13. The van der Waals surface area contributed by atoms with Gasteiger partial charge in [-0.05, 0) is 23.8 Å². The number of hydrogen-bond acceptors (Lipinski definition) is 3. The Kier molecular flexibility index (Phi) is 3.35. The second-order valence-corrected chi connectivity index (χ2v) is 5.61. The molecular formula is C17H13ClN2O3. The molecular weight excluding hydrogens is 316 g/mol. The van der Waals surface area contributed by atoms with Gasteiger partial charge in [-0.1, -0.05) is 35.9 Å². The van der Waals surface area contributed by atoms with Crippen LogP contribution < -0.4 is 14.8 Å². The van der Waals surface area contributed by atoms with Gasteiger partial charge in [0.15, 0.2) is 11.5 Å². The number of aromatic nitrogens is 1. The van der Waals surface area contributed by atoms with Gasteiger partial charge in [-0.15, -0.1) is 0 Å². The van der Waals surface area contributed by atoms with Crippen molar-refractivity contribution >= 4 is 28.4 Å². The van der Waals surface area contributed by atoms with Crippen LogP contribution in [0.4, 0.5) is 0 Å². The fourth-order valence-corrected chi connectivity index (χ4v) is 2.88. The first kappa shape index (κ1) is 14.0. The Hall–Kier alpha value is -2.66. The van der Waals surface area contributed by atoms with Crippen LogP contribution in [-0.2, 0) is 6.54 Å². The van der Waals surface area contributed by atoms with Crippen molar-refractivity contribution < 1.29 is 14.3 Å². The minimum atomic E-state index is -0.246. The van der Waals surface area contributed by atoms with Crippen molar-refractivity contribution in [2.24, 2.45) is 0 Å². The second-order valence-electron chi connectivity index (χ2n) is 5.23. The predicted molar refractivity (Wildman–Crippen MR) is 87.0 cm³/mol. The number of benzene rings is 2. The number of H-pyrrole nitrogens is 1. The minimum absolute atomic E-state index is 0.232. The third kappa shape index (κ3) is 2.49. The number of carbonyl (C=O) groups excluding carboxylic acids is 1. The van der Waals surface area contributed by atoms with E-state index in [1.165, 1.54) is 0 Å². The van der Waals surface area contributed by atoms with Gasteiger partial charge in [0.2, 0.25) is 6.79 Å². The summed E-state index contributed by atoms with van der Waals surface area (Å²) < 4.78 is 10.6. The first-order valence-corrected chi connectivity index (χ1v) is 7.53. The van der Waals surface area contributed by atoms with Crippen LogP contribution in [0.15, 0.2) is 42.5 Å². The van der Waals surface area contributed by atoms with Crippen LogP contribution in [0.25, 0.3) is 10.9 Å². The molecule has 6 heteroatoms. The average Bonchev–Trinajstić information content (AvgIpc) is 3.17. The summed E-state index contributed by atoms with van der Waals surface area (Å²) in [6.45, 7) is 0.608. The smallest absolute Gasteiger partial charge is 0.269 e. The van der Waals surface area contributed by atoms with E-state index in [4.69, 9.17) is 21.1 Å². The summed E-state index contributed by atoms with van der Waals surface area (Å²) in [5, 5.41) is 4.13. The molecule has 3 aromatic rings. The monoisotopic (exact) mass is 328 g/mol. The molecule has 1 amide bonds. The van der Waals surface area contributed by atoms with E-state index < -0.39 is 0 Å². The normalized spacial score (nSPS) is 12.6. The standard InChI is InChI=1S/C17H13ClN2O3/c18-15-11-3-1-2-4-12(11)20-16(15)17(21)19-8-10-5-6-13-14(7-10)23-9-22-13/h1-7,20H,8-9H2,(H,19,21). The molecule has 23 heavy (non-hydrogen) atoms. The van der Waals surface area contributed by atoms with Crippen molar-refractivity contribution in [2.45, 2.75) is 6.54 Å². The molecule has 0 atom stereocenters. The van der Waals surface area contributed by atoms with E-state index in [1.807, 2.05) is 42.5 Å². The van der Waals surface area contributed by atoms with Gasteiger partial charge in [-0.2, -0.15) is 0 Å². The van der Waals surface area contributed by atoms with Crippen LogP contribution in [0, 0.1) is 0 Å². The molecule has 116 valence electrons. The summed E-state index contributed by atoms with van der Waals surface area (Å²) in [5.74, 6) is 1.17. The highest BCUT2D eigenvalue weighted by atomic mass is 35.5. The zero-order chi connectivity index (χ0) is 15.8. The summed E-state index contributed by atoms with van der Waals surface area (Å²) in [4.78, 5) is 15.4. The lowest BCUT2D eigenvalue weighted by molar-refractivity contribution is 0.0947. The highest BCUT2D eigenvalue weighted by Crippen LogP contribution is 2.32. The third-order valence-corrected chi connectivity index (χ3v) is 4.15. The molecule has 2 N–H and O–H groups in total. The molecule has 0 spiro atoms. The first-order valence-electron chi connectivity index (χ1n) is 7.15. The fraction of sp³-hybridized carbons (Fsp3) is 0.118. The molecule has 4 rings (SSSR count). The van der Waals surface area contributed by atoms with Crippen LogP contribution in [0.5, 0.6) is 11.5 Å². The molecule has 0 saturated carbocycles. The Labute approximate surface area is 137 Å². The van der Waals surface area contributed by atoms with Gasteiger partial charge in [0, 0.05) is 17.4 Å². The Morgan fingerprint density at radius 1 is 1.17 bits per heavy atom. The first-order chi connectivity index (χ1) is 11.2. The van der Waals surface area contributed by atoms with Crippen molar-refractivity contribution in [3.8, 4) is 11.5 Å². The summed E-state index contributed by atoms with van der Waals surface area (Å²) >= 11 is 6.28. The highest BCUT2D eigenvalue weighted by molar-refractivity contribution is 6.38. The zero-order valence-corrected chi connectivity index (χ0v) is 12.8. The molecule has 0 bridgehead atoms. The van der Waals surface area contributed by atoms with Crippen molar-refractivity contribution in [3.05, 3.63) is 58.7 Å². The lowest BCUT2D eigenvalue weighted by atomic mass is 10.2. The second kappa shape index (κ2) is 5.52. The number of aromatic amines is 1. The fourth-order valence-electron chi connectivity index (χ4n) is 2.59. The van der Waals surface area contributed by atoms with Crippen LogP contribution in [0.3, 0.4) is 0 Å². The molecule has 0 saturated heterocycles. The maximum atomic E-state index is 12.4. The Bertz CT molecular complexity index is 904. The molecule has 0 radical (unpaired) electrons. The van der Waals surface area contributed by atoms with Gasteiger partial charge in [-0.3, -0.25) is 4.79 Å². The van der Waals surface area contributed by atoms with Gasteiger partial charge >= 0.3 is 0 Å². The van der Waals surface area contributed by atoms with Crippen LogP contribution in [0.1, 0.15) is 16.1 Å². The number of fused-ring (bicyclic) bond motifs is 2. The van der Waals surface area contributed by atoms with Crippen LogP contribution >= 0.6 is 11.6 Å². The van der Waals surface area contributed by atoms with E-state index in [2.05, 4.69) is 10.3 Å². The summed E-state index contributed by atoms with van der Waals surface area (Å²) in [6.07, 6.45) is 0. The number of carbonyl (C=O) groups is 1. The molecule has 0 fully saturated rings. The molecule has 0 unspecified atom stereocenters. The molecule has 0 aliphatic carbocycles. The number of amides is 1. The van der Waals surface area contributed by atoms with Crippen molar-refractivity contribution in [1.29, 1.82) is 0 Å². The highest BCUT2D eigenvalue weighted by Gasteiger charge is 2.17. The van der Waals surface area contributed by atoms with Crippen LogP contribution in [-0.4, -0.2) is 17.7 Å². The van der Waals surface area contributed by atoms with E-state index in [0.29, 0.717) is 23.0 Å². The predicted octanol–water partition coefficient (Wildman–Crippen LogP) is 3.48. The molecule has 1 aliphatic rings. The van der Waals surface area contributed by atoms with Crippen molar-refractivity contribution in [1.82, 2.24) is 10.3 Å². The van der Waals surface area contributed by atoms with Crippen molar-refractivity contribution in [3.63, 3.8) is 0 Å². The number of nitrogens with one attached hydrogen (secondary N) is 2. The van der Waals surface area contributed by atoms with E-state index in [1.54, 1.807) is 0 Å². The van der Waals surface area contributed by atoms with Crippen molar-refractivity contribution in [2.75, 3.05) is 6.79 Å². The van der Waals surface area contributed by atoms with E-state index in [9.17, 15) is 4.79 Å². The molecule has 2 heterocycles. The molecule has 2 aromatic carbocycles. The Morgan fingerprint density at radius 3 is 2.87 bits per heavy atom. The number of para-hydroxylation sites is 1. The number of hydrogen-bond donors (Lipinski definition) is 2.